The Bertz CT molecular complexity index is 856. The van der Waals surface area contributed by atoms with Crippen LogP contribution in [0.3, 0.4) is 0 Å². The third kappa shape index (κ3) is 4.27. The van der Waals surface area contributed by atoms with Crippen LogP contribution in [0.25, 0.3) is 21.3 Å². The first kappa shape index (κ1) is 18.0. The molecule has 3 aromatic rings. The van der Waals surface area contributed by atoms with Crippen molar-refractivity contribution >= 4 is 37.5 Å². The Kier molecular flexibility index (Phi) is 5.88. The molecule has 4 rings (SSSR count). The third-order valence-electron chi connectivity index (χ3n) is 5.00. The zero-order valence-electron chi connectivity index (χ0n) is 14.7. The molecule has 2 aromatic carbocycles. The first-order valence-corrected chi connectivity index (χ1v) is 10.8. The molecule has 2 heterocycles. The minimum absolute atomic E-state index is 0.796. The van der Waals surface area contributed by atoms with Crippen LogP contribution in [0.4, 0.5) is 0 Å². The van der Waals surface area contributed by atoms with Gasteiger partial charge in [0, 0.05) is 15.4 Å². The van der Waals surface area contributed by atoms with Crippen molar-refractivity contribution in [2.45, 2.75) is 25.7 Å². The van der Waals surface area contributed by atoms with E-state index in [1.54, 1.807) is 0 Å². The number of unbranched alkanes of at least 4 members (excludes halogenated alkanes) is 1. The van der Waals surface area contributed by atoms with Crippen LogP contribution in [0.5, 0.6) is 5.75 Å². The van der Waals surface area contributed by atoms with E-state index in [1.165, 1.54) is 54.0 Å². The lowest BCUT2D eigenvalue weighted by molar-refractivity contribution is 0.300. The summed E-state index contributed by atoms with van der Waals surface area (Å²) in [5.74, 6) is 1.83. The number of nitrogens with one attached hydrogen (secondary N) is 1. The lowest BCUT2D eigenvalue weighted by Crippen LogP contribution is -2.09. The van der Waals surface area contributed by atoms with Crippen LogP contribution in [-0.4, -0.2) is 24.1 Å². The van der Waals surface area contributed by atoms with E-state index in [1.807, 2.05) is 0 Å². The van der Waals surface area contributed by atoms with Gasteiger partial charge in [-0.05, 0) is 86.6 Å². The standard InChI is InChI=1S/C21H23BrN2OS/c22-17-6-4-16(5-7-17)21-19-9-8-18(13-20(19)26-24-21)25-12-2-1-3-15-10-11-23-14-15/h4-9,13,15,23H,1-3,10-12,14H2. The highest BCUT2D eigenvalue weighted by Crippen LogP contribution is 2.33. The summed E-state index contributed by atoms with van der Waals surface area (Å²) in [4.78, 5) is 0. The van der Waals surface area contributed by atoms with Gasteiger partial charge in [-0.2, -0.15) is 4.37 Å². The normalized spacial score (nSPS) is 17.0. The Morgan fingerprint density at radius 2 is 2.04 bits per heavy atom. The minimum Gasteiger partial charge on any atom is -0.494 e. The summed E-state index contributed by atoms with van der Waals surface area (Å²) < 4.78 is 12.9. The van der Waals surface area contributed by atoms with E-state index < -0.39 is 0 Å². The molecule has 0 saturated carbocycles. The summed E-state index contributed by atoms with van der Waals surface area (Å²) in [7, 11) is 0. The second kappa shape index (κ2) is 8.51. The van der Waals surface area contributed by atoms with E-state index in [9.17, 15) is 0 Å². The fraction of sp³-hybridized carbons (Fsp3) is 0.381. The Balaban J connectivity index is 1.35. The van der Waals surface area contributed by atoms with Crippen molar-refractivity contribution in [3.8, 4) is 17.0 Å². The van der Waals surface area contributed by atoms with E-state index in [2.05, 4.69) is 68.1 Å². The molecule has 1 aromatic heterocycles. The van der Waals surface area contributed by atoms with Crippen LogP contribution in [0.2, 0.25) is 0 Å². The lowest BCUT2D eigenvalue weighted by Gasteiger charge is -2.09. The smallest absolute Gasteiger partial charge is 0.120 e. The molecule has 1 unspecified atom stereocenters. The van der Waals surface area contributed by atoms with Crippen LogP contribution >= 0.6 is 27.5 Å². The molecule has 0 spiro atoms. The van der Waals surface area contributed by atoms with Gasteiger partial charge in [0.2, 0.25) is 0 Å². The monoisotopic (exact) mass is 430 g/mol. The summed E-state index contributed by atoms with van der Waals surface area (Å²) in [6, 6.07) is 14.6. The van der Waals surface area contributed by atoms with Gasteiger partial charge < -0.3 is 10.1 Å². The molecule has 0 bridgehead atoms. The van der Waals surface area contributed by atoms with Crippen LogP contribution in [-0.2, 0) is 0 Å². The molecule has 5 heteroatoms. The number of hydrogen-bond acceptors (Lipinski definition) is 4. The third-order valence-corrected chi connectivity index (χ3v) is 6.34. The maximum atomic E-state index is 5.97. The zero-order chi connectivity index (χ0) is 17.8. The predicted octanol–water partition coefficient (Wildman–Crippen LogP) is 5.88. The Morgan fingerprint density at radius 3 is 2.85 bits per heavy atom. The summed E-state index contributed by atoms with van der Waals surface area (Å²) in [5, 5.41) is 4.63. The first-order valence-electron chi connectivity index (χ1n) is 9.28. The van der Waals surface area contributed by atoms with E-state index in [0.29, 0.717) is 0 Å². The van der Waals surface area contributed by atoms with E-state index in [4.69, 9.17) is 4.74 Å². The predicted molar refractivity (Wildman–Crippen MR) is 113 cm³/mol. The highest BCUT2D eigenvalue weighted by atomic mass is 79.9. The first-order chi connectivity index (χ1) is 12.8. The van der Waals surface area contributed by atoms with E-state index in [0.717, 1.165) is 40.4 Å². The van der Waals surface area contributed by atoms with Crippen molar-refractivity contribution < 1.29 is 4.74 Å². The van der Waals surface area contributed by atoms with Gasteiger partial charge in [0.15, 0.2) is 0 Å². The molecule has 1 atom stereocenters. The number of halogens is 1. The molecular weight excluding hydrogens is 408 g/mol. The summed E-state index contributed by atoms with van der Waals surface area (Å²) in [5.41, 5.74) is 2.20. The molecule has 3 nitrogen and oxygen atoms in total. The lowest BCUT2D eigenvalue weighted by atomic mass is 10.0. The summed E-state index contributed by atoms with van der Waals surface area (Å²) in [6.45, 7) is 3.19. The second-order valence-corrected chi connectivity index (χ2v) is 8.62. The highest BCUT2D eigenvalue weighted by Gasteiger charge is 2.13. The number of hydrogen-bond donors (Lipinski definition) is 1. The van der Waals surface area contributed by atoms with Crippen molar-refractivity contribution in [2.24, 2.45) is 5.92 Å². The largest absolute Gasteiger partial charge is 0.494 e. The number of rotatable bonds is 7. The van der Waals surface area contributed by atoms with Gasteiger partial charge >= 0.3 is 0 Å². The molecule has 26 heavy (non-hydrogen) atoms. The average molecular weight is 431 g/mol. The average Bonchev–Trinajstić information content (AvgIpc) is 3.31. The van der Waals surface area contributed by atoms with Crippen molar-refractivity contribution in [1.29, 1.82) is 0 Å². The van der Waals surface area contributed by atoms with Gasteiger partial charge in [0.1, 0.15) is 5.75 Å². The quantitative estimate of drug-likeness (QED) is 0.474. The number of nitrogens with zero attached hydrogens (tertiary/aromatic N) is 1. The molecule has 136 valence electrons. The van der Waals surface area contributed by atoms with Crippen molar-refractivity contribution in [3.05, 3.63) is 46.9 Å². The number of aromatic nitrogens is 1. The highest BCUT2D eigenvalue weighted by molar-refractivity contribution is 9.10. The molecule has 0 radical (unpaired) electrons. The van der Waals surface area contributed by atoms with Gasteiger partial charge in [-0.3, -0.25) is 0 Å². The molecule has 0 amide bonds. The number of benzene rings is 2. The number of ether oxygens (including phenoxy) is 1. The number of fused-ring (bicyclic) bond motifs is 1. The molecule has 1 aliphatic heterocycles. The fourth-order valence-electron chi connectivity index (χ4n) is 3.51. The molecule has 0 aliphatic carbocycles. The molecular formula is C21H23BrN2OS. The van der Waals surface area contributed by atoms with Crippen molar-refractivity contribution in [1.82, 2.24) is 9.69 Å². The fourth-order valence-corrected chi connectivity index (χ4v) is 4.60. The van der Waals surface area contributed by atoms with Gasteiger partial charge in [-0.1, -0.05) is 28.1 Å². The van der Waals surface area contributed by atoms with Gasteiger partial charge in [-0.25, -0.2) is 0 Å². The maximum Gasteiger partial charge on any atom is 0.120 e. The molecule has 1 fully saturated rings. The van der Waals surface area contributed by atoms with Crippen LogP contribution in [0.15, 0.2) is 46.9 Å². The minimum atomic E-state index is 0.796. The summed E-state index contributed by atoms with van der Waals surface area (Å²) >= 11 is 5.02. The topological polar surface area (TPSA) is 34.1 Å². The maximum absolute atomic E-state index is 5.97. The van der Waals surface area contributed by atoms with Crippen molar-refractivity contribution in [3.63, 3.8) is 0 Å². The van der Waals surface area contributed by atoms with E-state index in [-0.39, 0.29) is 0 Å². The second-order valence-electron chi connectivity index (χ2n) is 6.90. The van der Waals surface area contributed by atoms with Gasteiger partial charge in [0.05, 0.1) is 17.0 Å². The van der Waals surface area contributed by atoms with Crippen molar-refractivity contribution in [2.75, 3.05) is 19.7 Å². The van der Waals surface area contributed by atoms with Gasteiger partial charge in [-0.15, -0.1) is 0 Å². The van der Waals surface area contributed by atoms with Crippen LogP contribution in [0, 0.1) is 5.92 Å². The van der Waals surface area contributed by atoms with Crippen LogP contribution in [0.1, 0.15) is 25.7 Å². The van der Waals surface area contributed by atoms with Crippen LogP contribution < -0.4 is 10.1 Å². The Labute approximate surface area is 167 Å². The Hall–Kier alpha value is -1.43. The Morgan fingerprint density at radius 1 is 1.15 bits per heavy atom. The molecule has 1 aliphatic rings. The zero-order valence-corrected chi connectivity index (χ0v) is 17.1. The summed E-state index contributed by atoms with van der Waals surface area (Å²) in [6.07, 6.45) is 5.04. The van der Waals surface area contributed by atoms with E-state index >= 15 is 0 Å². The molecule has 1 N–H and O–H groups in total. The SMILES string of the molecule is Brc1ccc(-c2nsc3cc(OCCCCC4CCNC4)ccc23)cc1. The molecule has 1 saturated heterocycles. The van der Waals surface area contributed by atoms with Gasteiger partial charge in [0.25, 0.3) is 0 Å².